The molecule has 0 amide bonds. The minimum absolute atomic E-state index is 0.898. The van der Waals surface area contributed by atoms with Crippen LogP contribution in [0.25, 0.3) is 20.8 Å². The van der Waals surface area contributed by atoms with Crippen molar-refractivity contribution < 1.29 is 4.57 Å². The van der Waals surface area contributed by atoms with E-state index in [9.17, 15) is 0 Å². The predicted molar refractivity (Wildman–Crippen MR) is 93.0 cm³/mol. The maximum atomic E-state index is 2.42. The topological polar surface area (TPSA) is 3.88 Å². The Labute approximate surface area is 134 Å². The average molecular weight is 302 g/mol. The van der Waals surface area contributed by atoms with Gasteiger partial charge in [-0.05, 0) is 18.2 Å². The fourth-order valence-corrected chi connectivity index (χ4v) is 3.92. The highest BCUT2D eigenvalue weighted by molar-refractivity contribution is 7.21. The number of aromatic nitrogens is 1. The summed E-state index contributed by atoms with van der Waals surface area (Å²) in [5.41, 5.74) is 3.91. The van der Waals surface area contributed by atoms with Gasteiger partial charge in [0.15, 0.2) is 6.54 Å². The molecule has 22 heavy (non-hydrogen) atoms. The number of rotatable bonds is 3. The standard InChI is InChI=1S/C20H16NS/c1-3-9-16(10-4-1)15-21-18-13-7-8-14-19(18)22-20(21)17-11-5-2-6-12-17/h1-14H,15H2/q+1. The average Bonchev–Trinajstić information content (AvgIpc) is 2.95. The second kappa shape index (κ2) is 5.74. The van der Waals surface area contributed by atoms with E-state index in [2.05, 4.69) is 89.5 Å². The van der Waals surface area contributed by atoms with Gasteiger partial charge >= 0.3 is 0 Å². The van der Waals surface area contributed by atoms with Crippen LogP contribution in [0.5, 0.6) is 0 Å². The van der Waals surface area contributed by atoms with Gasteiger partial charge in [0.05, 0.1) is 5.56 Å². The van der Waals surface area contributed by atoms with E-state index >= 15 is 0 Å². The van der Waals surface area contributed by atoms with Gasteiger partial charge in [-0.1, -0.05) is 72.0 Å². The van der Waals surface area contributed by atoms with Crippen LogP contribution in [0.3, 0.4) is 0 Å². The summed E-state index contributed by atoms with van der Waals surface area (Å²) in [6, 6.07) is 29.9. The number of thiazole rings is 1. The van der Waals surface area contributed by atoms with Gasteiger partial charge in [0, 0.05) is 11.6 Å². The fourth-order valence-electron chi connectivity index (χ4n) is 2.75. The molecule has 106 valence electrons. The molecule has 2 heteroatoms. The Morgan fingerprint density at radius 1 is 0.682 bits per heavy atom. The summed E-state index contributed by atoms with van der Waals surface area (Å²) in [6.45, 7) is 0.898. The lowest BCUT2D eigenvalue weighted by atomic mass is 10.2. The van der Waals surface area contributed by atoms with E-state index in [1.165, 1.54) is 26.4 Å². The van der Waals surface area contributed by atoms with Crippen LogP contribution in [0.1, 0.15) is 5.56 Å². The lowest BCUT2D eigenvalue weighted by Crippen LogP contribution is -2.34. The lowest BCUT2D eigenvalue weighted by molar-refractivity contribution is -0.647. The summed E-state index contributed by atoms with van der Waals surface area (Å²) in [5, 5.41) is 1.31. The monoisotopic (exact) mass is 302 g/mol. The van der Waals surface area contributed by atoms with E-state index in [0.717, 1.165) is 6.54 Å². The molecular weight excluding hydrogens is 286 g/mol. The second-order valence-corrected chi connectivity index (χ2v) is 6.34. The molecule has 0 aliphatic rings. The Morgan fingerprint density at radius 2 is 1.32 bits per heavy atom. The molecule has 0 radical (unpaired) electrons. The van der Waals surface area contributed by atoms with Crippen molar-refractivity contribution in [2.45, 2.75) is 6.54 Å². The van der Waals surface area contributed by atoms with Crippen LogP contribution < -0.4 is 4.57 Å². The summed E-state index contributed by atoms with van der Waals surface area (Å²) in [5.74, 6) is 0. The summed E-state index contributed by atoms with van der Waals surface area (Å²) in [7, 11) is 0. The molecule has 0 spiro atoms. The summed E-state index contributed by atoms with van der Waals surface area (Å²) in [6.07, 6.45) is 0. The van der Waals surface area contributed by atoms with Gasteiger partial charge in [0.25, 0.3) is 5.01 Å². The lowest BCUT2D eigenvalue weighted by Gasteiger charge is -2.00. The highest BCUT2D eigenvalue weighted by Crippen LogP contribution is 2.28. The normalized spacial score (nSPS) is 10.9. The summed E-state index contributed by atoms with van der Waals surface area (Å²) < 4.78 is 3.75. The maximum absolute atomic E-state index is 2.42. The van der Waals surface area contributed by atoms with Crippen molar-refractivity contribution in [3.63, 3.8) is 0 Å². The number of benzene rings is 3. The van der Waals surface area contributed by atoms with Gasteiger partial charge in [-0.3, -0.25) is 0 Å². The Morgan fingerprint density at radius 3 is 2.09 bits per heavy atom. The van der Waals surface area contributed by atoms with Crippen LogP contribution in [-0.2, 0) is 6.54 Å². The summed E-state index contributed by atoms with van der Waals surface area (Å²) >= 11 is 1.86. The van der Waals surface area contributed by atoms with Gasteiger partial charge in [-0.15, -0.1) is 0 Å². The molecule has 0 saturated heterocycles. The van der Waals surface area contributed by atoms with Crippen molar-refractivity contribution in [2.24, 2.45) is 0 Å². The maximum Gasteiger partial charge on any atom is 0.270 e. The predicted octanol–water partition coefficient (Wildman–Crippen LogP) is 4.90. The SMILES string of the molecule is c1ccc(C[n+]2c(-c3ccccc3)sc3ccccc32)cc1. The molecule has 1 heterocycles. The number of fused-ring (bicyclic) bond motifs is 1. The molecule has 0 fully saturated rings. The van der Waals surface area contributed by atoms with Crippen LogP contribution in [-0.4, -0.2) is 0 Å². The fraction of sp³-hybridized carbons (Fsp3) is 0.0500. The van der Waals surface area contributed by atoms with E-state index in [4.69, 9.17) is 0 Å². The highest BCUT2D eigenvalue weighted by atomic mass is 32.1. The van der Waals surface area contributed by atoms with Gasteiger partial charge in [0.1, 0.15) is 4.70 Å². The third-order valence-electron chi connectivity index (χ3n) is 3.81. The minimum Gasteiger partial charge on any atom is -0.177 e. The van der Waals surface area contributed by atoms with Crippen molar-refractivity contribution in [3.8, 4) is 10.6 Å². The highest BCUT2D eigenvalue weighted by Gasteiger charge is 2.21. The molecule has 0 N–H and O–H groups in total. The Balaban J connectivity index is 1.91. The van der Waals surface area contributed by atoms with E-state index in [-0.39, 0.29) is 0 Å². The van der Waals surface area contributed by atoms with Gasteiger partial charge < -0.3 is 0 Å². The molecule has 0 bridgehead atoms. The molecule has 0 aliphatic heterocycles. The zero-order chi connectivity index (χ0) is 14.8. The molecule has 4 aromatic rings. The van der Waals surface area contributed by atoms with Crippen molar-refractivity contribution >= 4 is 21.6 Å². The van der Waals surface area contributed by atoms with Crippen molar-refractivity contribution in [3.05, 3.63) is 90.5 Å². The largest absolute Gasteiger partial charge is 0.270 e. The molecular formula is C20H16NS+. The first-order valence-electron chi connectivity index (χ1n) is 7.42. The minimum atomic E-state index is 0.898. The quantitative estimate of drug-likeness (QED) is 0.474. The van der Waals surface area contributed by atoms with Crippen LogP contribution in [0.4, 0.5) is 0 Å². The van der Waals surface area contributed by atoms with Crippen molar-refractivity contribution in [2.75, 3.05) is 0 Å². The Kier molecular flexibility index (Phi) is 3.45. The number of nitrogens with zero attached hydrogens (tertiary/aromatic N) is 1. The van der Waals surface area contributed by atoms with E-state index in [1.54, 1.807) is 0 Å². The van der Waals surface area contributed by atoms with Crippen LogP contribution in [0.2, 0.25) is 0 Å². The zero-order valence-electron chi connectivity index (χ0n) is 12.1. The van der Waals surface area contributed by atoms with Crippen molar-refractivity contribution in [1.29, 1.82) is 0 Å². The first-order valence-corrected chi connectivity index (χ1v) is 8.24. The smallest absolute Gasteiger partial charge is 0.177 e. The van der Waals surface area contributed by atoms with Gasteiger partial charge in [-0.2, -0.15) is 4.57 Å². The molecule has 0 atom stereocenters. The van der Waals surface area contributed by atoms with Crippen molar-refractivity contribution in [1.82, 2.24) is 0 Å². The van der Waals surface area contributed by atoms with Crippen LogP contribution >= 0.6 is 11.3 Å². The van der Waals surface area contributed by atoms with Crippen LogP contribution in [0.15, 0.2) is 84.9 Å². The third-order valence-corrected chi connectivity index (χ3v) is 5.03. The zero-order valence-corrected chi connectivity index (χ0v) is 13.0. The van der Waals surface area contributed by atoms with E-state index < -0.39 is 0 Å². The Hall–Kier alpha value is -2.45. The molecule has 3 aromatic carbocycles. The molecule has 4 rings (SSSR count). The molecule has 0 unspecified atom stereocenters. The summed E-state index contributed by atoms with van der Waals surface area (Å²) in [4.78, 5) is 0. The molecule has 0 saturated carbocycles. The number of hydrogen-bond donors (Lipinski definition) is 0. The number of para-hydroxylation sites is 1. The van der Waals surface area contributed by atoms with Gasteiger partial charge in [-0.25, -0.2) is 0 Å². The first-order chi connectivity index (χ1) is 10.9. The molecule has 1 aromatic heterocycles. The van der Waals surface area contributed by atoms with Gasteiger partial charge in [0.2, 0.25) is 5.52 Å². The molecule has 1 nitrogen and oxygen atoms in total. The second-order valence-electron chi connectivity index (χ2n) is 5.31. The van der Waals surface area contributed by atoms with E-state index in [1.807, 2.05) is 11.3 Å². The third kappa shape index (κ3) is 2.42. The number of hydrogen-bond acceptors (Lipinski definition) is 1. The van der Waals surface area contributed by atoms with E-state index in [0.29, 0.717) is 0 Å². The first kappa shape index (κ1) is 13.2. The Bertz CT molecular complexity index is 895. The molecule has 0 aliphatic carbocycles. The van der Waals surface area contributed by atoms with Crippen LogP contribution in [0, 0.1) is 0 Å².